The van der Waals surface area contributed by atoms with Crippen molar-refractivity contribution in [2.45, 2.75) is 17.7 Å². The van der Waals surface area contributed by atoms with Gasteiger partial charge in [-0.2, -0.15) is 0 Å². The van der Waals surface area contributed by atoms with Crippen LogP contribution in [0.1, 0.15) is 6.92 Å². The molecule has 0 radical (unpaired) electrons. The van der Waals surface area contributed by atoms with Gasteiger partial charge in [-0.1, -0.05) is 23.4 Å². The molecule has 88 valence electrons. The molecule has 1 atom stereocenters. The van der Waals surface area contributed by atoms with Gasteiger partial charge in [0.25, 0.3) is 0 Å². The number of carbonyl (C=O) groups excluding carboxylic acids is 2. The minimum atomic E-state index is -0.915. The fraction of sp³-hybridized carbons (Fsp3) is 0.300. The van der Waals surface area contributed by atoms with E-state index in [0.717, 1.165) is 0 Å². The molecule has 0 saturated carbocycles. The van der Waals surface area contributed by atoms with Crippen LogP contribution in [0.5, 0.6) is 0 Å². The Labute approximate surface area is 106 Å². The third-order valence-corrected chi connectivity index (χ3v) is 4.15. The van der Waals surface area contributed by atoms with Crippen LogP contribution < -0.4 is 4.90 Å². The van der Waals surface area contributed by atoms with Crippen molar-refractivity contribution in [2.75, 3.05) is 10.7 Å². The van der Waals surface area contributed by atoms with Crippen molar-refractivity contribution in [3.8, 4) is 0 Å². The molecule has 1 aromatic rings. The van der Waals surface area contributed by atoms with Crippen LogP contribution in [0.4, 0.5) is 5.69 Å². The molecular formula is C10H7ClN2O3S. The third-order valence-electron chi connectivity index (χ3n) is 2.69. The largest absolute Gasteiger partial charge is 0.431 e. The third kappa shape index (κ3) is 1.44. The first-order valence-electron chi connectivity index (χ1n) is 4.88. The van der Waals surface area contributed by atoms with Crippen molar-refractivity contribution in [3.63, 3.8) is 0 Å². The number of amides is 1. The van der Waals surface area contributed by atoms with Crippen molar-refractivity contribution in [1.82, 2.24) is 4.98 Å². The molecule has 0 aromatic carbocycles. The first-order valence-corrected chi connectivity index (χ1v) is 6.24. The topological polar surface area (TPSA) is 59.5 Å². The summed E-state index contributed by atoms with van der Waals surface area (Å²) >= 11 is 7.21. The lowest BCUT2D eigenvalue weighted by Gasteiger charge is -2.36. The first-order chi connectivity index (χ1) is 8.01. The molecule has 0 aliphatic carbocycles. The highest BCUT2D eigenvalue weighted by molar-refractivity contribution is 7.99. The van der Waals surface area contributed by atoms with E-state index in [9.17, 15) is 9.59 Å². The van der Waals surface area contributed by atoms with Crippen molar-refractivity contribution in [3.05, 3.63) is 17.3 Å². The van der Waals surface area contributed by atoms with E-state index in [1.54, 1.807) is 19.1 Å². The zero-order valence-electron chi connectivity index (χ0n) is 8.77. The Morgan fingerprint density at radius 2 is 2.29 bits per heavy atom. The number of anilines is 1. The normalized spacial score (nSPS) is 26.6. The molecule has 0 N–H and O–H groups in total. The minimum absolute atomic E-state index is 0.360. The van der Waals surface area contributed by atoms with Crippen LogP contribution in [-0.2, 0) is 14.3 Å². The average molecular weight is 271 g/mol. The Balaban J connectivity index is 2.17. The van der Waals surface area contributed by atoms with E-state index in [0.29, 0.717) is 21.6 Å². The Hall–Kier alpha value is -1.27. The Kier molecular flexibility index (Phi) is 2.15. The lowest BCUT2D eigenvalue weighted by molar-refractivity contribution is -0.151. The zero-order chi connectivity index (χ0) is 12.2. The predicted molar refractivity (Wildman–Crippen MR) is 62.0 cm³/mol. The van der Waals surface area contributed by atoms with Gasteiger partial charge < -0.3 is 4.74 Å². The average Bonchev–Trinajstić information content (AvgIpc) is 2.50. The summed E-state index contributed by atoms with van der Waals surface area (Å²) in [6.07, 6.45) is 0. The molecule has 1 amide bonds. The van der Waals surface area contributed by atoms with E-state index in [1.807, 2.05) is 0 Å². The maximum atomic E-state index is 11.8. The van der Waals surface area contributed by atoms with Crippen molar-refractivity contribution in [1.29, 1.82) is 0 Å². The van der Waals surface area contributed by atoms with Crippen LogP contribution in [0.2, 0.25) is 5.15 Å². The number of ether oxygens (including phenoxy) is 1. The number of fused-ring (bicyclic) bond motifs is 3. The van der Waals surface area contributed by atoms with Crippen LogP contribution in [-0.4, -0.2) is 28.3 Å². The van der Waals surface area contributed by atoms with E-state index in [1.165, 1.54) is 16.7 Å². The van der Waals surface area contributed by atoms with Gasteiger partial charge in [0.1, 0.15) is 10.2 Å². The molecule has 1 aromatic heterocycles. The smallest absolute Gasteiger partial charge is 0.399 e. The number of carbonyl (C=O) groups is 2. The van der Waals surface area contributed by atoms with E-state index in [4.69, 9.17) is 16.3 Å². The van der Waals surface area contributed by atoms with Gasteiger partial charge in [0.15, 0.2) is 5.72 Å². The molecule has 1 saturated heterocycles. The standard InChI is InChI=1S/C10H7ClN2O3S/c1-10-4-17-7-5(2-3-6(11)12-7)13(10)8(14)9(15)16-10/h2-3H,4H2,1H3/t10-/m0/s1. The number of halogens is 1. The SMILES string of the molecule is C[C@]12CSc3nc(Cl)ccc3N1C(=O)C(=O)O2. The maximum Gasteiger partial charge on any atom is 0.399 e. The molecule has 0 bridgehead atoms. The van der Waals surface area contributed by atoms with Crippen LogP contribution >= 0.6 is 23.4 Å². The summed E-state index contributed by atoms with van der Waals surface area (Å²) in [6.45, 7) is 1.71. The van der Waals surface area contributed by atoms with E-state index < -0.39 is 17.6 Å². The summed E-state index contributed by atoms with van der Waals surface area (Å²) < 4.78 is 5.11. The highest BCUT2D eigenvalue weighted by atomic mass is 35.5. The highest BCUT2D eigenvalue weighted by Crippen LogP contribution is 2.44. The molecule has 5 nitrogen and oxygen atoms in total. The number of aromatic nitrogens is 1. The quantitative estimate of drug-likeness (QED) is 0.406. The highest BCUT2D eigenvalue weighted by Gasteiger charge is 2.53. The van der Waals surface area contributed by atoms with Gasteiger partial charge in [-0.15, -0.1) is 0 Å². The molecule has 3 rings (SSSR count). The van der Waals surface area contributed by atoms with Crippen LogP contribution in [0, 0.1) is 0 Å². The molecule has 2 aliphatic rings. The van der Waals surface area contributed by atoms with E-state index in [-0.39, 0.29) is 0 Å². The molecule has 7 heteroatoms. The van der Waals surface area contributed by atoms with Gasteiger partial charge in [0.05, 0.1) is 11.4 Å². The fourth-order valence-electron chi connectivity index (χ4n) is 1.94. The number of hydrogen-bond acceptors (Lipinski definition) is 5. The summed E-state index contributed by atoms with van der Waals surface area (Å²) in [5, 5.41) is 1.00. The monoisotopic (exact) mass is 270 g/mol. The van der Waals surface area contributed by atoms with Crippen molar-refractivity contribution in [2.24, 2.45) is 0 Å². The fourth-order valence-corrected chi connectivity index (χ4v) is 3.20. The molecular weight excluding hydrogens is 264 g/mol. The Bertz CT molecular complexity index is 550. The van der Waals surface area contributed by atoms with Crippen LogP contribution in [0.25, 0.3) is 0 Å². The van der Waals surface area contributed by atoms with Gasteiger partial charge >= 0.3 is 11.9 Å². The second-order valence-corrected chi connectivity index (χ2v) is 5.30. The number of hydrogen-bond donors (Lipinski definition) is 0. The van der Waals surface area contributed by atoms with Crippen molar-refractivity contribution >= 4 is 40.9 Å². The molecule has 2 aliphatic heterocycles. The Morgan fingerprint density at radius 3 is 3.06 bits per heavy atom. The van der Waals surface area contributed by atoms with Gasteiger partial charge in [0, 0.05) is 0 Å². The molecule has 17 heavy (non-hydrogen) atoms. The lowest BCUT2D eigenvalue weighted by atomic mass is 10.2. The number of nitrogens with zero attached hydrogens (tertiary/aromatic N) is 2. The summed E-state index contributed by atoms with van der Waals surface area (Å²) in [5.74, 6) is -1.03. The minimum Gasteiger partial charge on any atom is -0.431 e. The van der Waals surface area contributed by atoms with E-state index in [2.05, 4.69) is 4.98 Å². The van der Waals surface area contributed by atoms with Crippen LogP contribution in [0.3, 0.4) is 0 Å². The zero-order valence-corrected chi connectivity index (χ0v) is 10.3. The van der Waals surface area contributed by atoms with Crippen LogP contribution in [0.15, 0.2) is 17.2 Å². The summed E-state index contributed by atoms with van der Waals surface area (Å²) in [5.41, 5.74) is -0.342. The van der Waals surface area contributed by atoms with Gasteiger partial charge in [0.2, 0.25) is 0 Å². The van der Waals surface area contributed by atoms with Crippen molar-refractivity contribution < 1.29 is 14.3 Å². The first kappa shape index (κ1) is 10.9. The number of rotatable bonds is 0. The van der Waals surface area contributed by atoms with Gasteiger partial charge in [-0.25, -0.2) is 9.78 Å². The molecule has 3 heterocycles. The summed E-state index contributed by atoms with van der Waals surface area (Å²) in [4.78, 5) is 28.6. The number of esters is 1. The lowest BCUT2D eigenvalue weighted by Crippen LogP contribution is -2.48. The number of pyridine rings is 1. The molecule has 1 fully saturated rings. The predicted octanol–water partition coefficient (Wildman–Crippen LogP) is 1.45. The molecule has 0 unspecified atom stereocenters. The second kappa shape index (κ2) is 3.36. The summed E-state index contributed by atoms with van der Waals surface area (Å²) in [6, 6.07) is 3.26. The van der Waals surface area contributed by atoms with Gasteiger partial charge in [-0.05, 0) is 19.1 Å². The summed E-state index contributed by atoms with van der Waals surface area (Å²) in [7, 11) is 0. The maximum absolute atomic E-state index is 11.8. The Morgan fingerprint density at radius 1 is 1.53 bits per heavy atom. The van der Waals surface area contributed by atoms with E-state index >= 15 is 0 Å². The van der Waals surface area contributed by atoms with Gasteiger partial charge in [-0.3, -0.25) is 9.69 Å². The second-order valence-electron chi connectivity index (χ2n) is 3.95. The molecule has 0 spiro atoms. The number of thioether (sulfide) groups is 1.